The lowest BCUT2D eigenvalue weighted by Crippen LogP contribution is -2.17. The van der Waals surface area contributed by atoms with Crippen LogP contribution < -0.4 is 5.32 Å². The quantitative estimate of drug-likeness (QED) is 0.872. The van der Waals surface area contributed by atoms with Crippen LogP contribution in [0.4, 0.5) is 0 Å². The van der Waals surface area contributed by atoms with Gasteiger partial charge in [0, 0.05) is 23.9 Å². The highest BCUT2D eigenvalue weighted by Gasteiger charge is 2.26. The summed E-state index contributed by atoms with van der Waals surface area (Å²) >= 11 is 0. The third-order valence-electron chi connectivity index (χ3n) is 3.91. The van der Waals surface area contributed by atoms with Crippen molar-refractivity contribution in [2.45, 2.75) is 52.1 Å². The molecule has 102 valence electrons. The van der Waals surface area contributed by atoms with Gasteiger partial charge in [-0.1, -0.05) is 13.8 Å². The molecule has 4 nitrogen and oxygen atoms in total. The Bertz CT molecular complexity index is 394. The average molecular weight is 251 g/mol. The van der Waals surface area contributed by atoms with Crippen LogP contribution in [0.5, 0.6) is 0 Å². The van der Waals surface area contributed by atoms with E-state index in [0.29, 0.717) is 12.1 Å². The SMILES string of the molecule is CCc1nn(C2CCOC2)c(CC)c1C(C)NC. The molecule has 0 spiro atoms. The smallest absolute Gasteiger partial charge is 0.0777 e. The van der Waals surface area contributed by atoms with Gasteiger partial charge in [0.2, 0.25) is 0 Å². The molecule has 0 amide bonds. The first-order valence-electron chi connectivity index (χ1n) is 7.08. The predicted molar refractivity (Wildman–Crippen MR) is 72.9 cm³/mol. The highest BCUT2D eigenvalue weighted by molar-refractivity contribution is 5.30. The molecule has 18 heavy (non-hydrogen) atoms. The third kappa shape index (κ3) is 2.31. The van der Waals surface area contributed by atoms with Gasteiger partial charge in [-0.15, -0.1) is 0 Å². The maximum absolute atomic E-state index is 5.50. The standard InChI is InChI=1S/C14H25N3O/c1-5-12-14(10(3)15-4)13(6-2)17(16-12)11-7-8-18-9-11/h10-11,15H,5-9H2,1-4H3. The second-order valence-corrected chi connectivity index (χ2v) is 4.99. The summed E-state index contributed by atoms with van der Waals surface area (Å²) in [6.45, 7) is 8.29. The van der Waals surface area contributed by atoms with Crippen LogP contribution in [0.1, 0.15) is 56.2 Å². The molecule has 1 N–H and O–H groups in total. The fourth-order valence-corrected chi connectivity index (χ4v) is 2.81. The molecule has 1 fully saturated rings. The summed E-state index contributed by atoms with van der Waals surface area (Å²) in [5, 5.41) is 8.20. The van der Waals surface area contributed by atoms with E-state index in [4.69, 9.17) is 9.84 Å². The number of aromatic nitrogens is 2. The number of hydrogen-bond acceptors (Lipinski definition) is 3. The van der Waals surface area contributed by atoms with Crippen LogP contribution in [0.15, 0.2) is 0 Å². The first-order chi connectivity index (χ1) is 8.72. The molecule has 0 aliphatic carbocycles. The fraction of sp³-hybridized carbons (Fsp3) is 0.786. The Morgan fingerprint density at radius 1 is 1.44 bits per heavy atom. The van der Waals surface area contributed by atoms with Gasteiger partial charge in [0.1, 0.15) is 0 Å². The maximum atomic E-state index is 5.50. The number of nitrogens with zero attached hydrogens (tertiary/aromatic N) is 2. The van der Waals surface area contributed by atoms with Crippen molar-refractivity contribution in [3.63, 3.8) is 0 Å². The Balaban J connectivity index is 2.43. The van der Waals surface area contributed by atoms with E-state index in [1.807, 2.05) is 7.05 Å². The van der Waals surface area contributed by atoms with Crippen LogP contribution in [0, 0.1) is 0 Å². The molecule has 2 rings (SSSR count). The Hall–Kier alpha value is -0.870. The zero-order valence-corrected chi connectivity index (χ0v) is 12.0. The lowest BCUT2D eigenvalue weighted by atomic mass is 10.0. The lowest BCUT2D eigenvalue weighted by molar-refractivity contribution is 0.184. The van der Waals surface area contributed by atoms with E-state index in [2.05, 4.69) is 30.8 Å². The van der Waals surface area contributed by atoms with Gasteiger partial charge < -0.3 is 10.1 Å². The van der Waals surface area contributed by atoms with Crippen LogP contribution in [-0.4, -0.2) is 30.0 Å². The molecule has 0 saturated carbocycles. The summed E-state index contributed by atoms with van der Waals surface area (Å²) < 4.78 is 7.74. The summed E-state index contributed by atoms with van der Waals surface area (Å²) in [7, 11) is 2.01. The molecular weight excluding hydrogens is 226 g/mol. The van der Waals surface area contributed by atoms with E-state index in [9.17, 15) is 0 Å². The van der Waals surface area contributed by atoms with Gasteiger partial charge in [-0.05, 0) is 33.2 Å². The van der Waals surface area contributed by atoms with Crippen molar-refractivity contribution in [2.75, 3.05) is 20.3 Å². The molecule has 0 aromatic carbocycles. The molecule has 1 aliphatic heterocycles. The van der Waals surface area contributed by atoms with Gasteiger partial charge in [0.25, 0.3) is 0 Å². The van der Waals surface area contributed by atoms with Crippen molar-refractivity contribution in [3.05, 3.63) is 17.0 Å². The number of nitrogens with one attached hydrogen (secondary N) is 1. The van der Waals surface area contributed by atoms with Gasteiger partial charge in [0.15, 0.2) is 0 Å². The molecule has 4 heteroatoms. The largest absolute Gasteiger partial charge is 0.379 e. The molecule has 2 atom stereocenters. The van der Waals surface area contributed by atoms with Crippen LogP contribution in [-0.2, 0) is 17.6 Å². The van der Waals surface area contributed by atoms with Gasteiger partial charge in [-0.25, -0.2) is 0 Å². The van der Waals surface area contributed by atoms with Crippen molar-refractivity contribution in [1.82, 2.24) is 15.1 Å². The predicted octanol–water partition coefficient (Wildman–Crippen LogP) is 2.25. The van der Waals surface area contributed by atoms with Crippen LogP contribution in [0.3, 0.4) is 0 Å². The van der Waals surface area contributed by atoms with Crippen molar-refractivity contribution in [2.24, 2.45) is 0 Å². The molecule has 0 bridgehead atoms. The van der Waals surface area contributed by atoms with Gasteiger partial charge in [0.05, 0.1) is 18.3 Å². The van der Waals surface area contributed by atoms with E-state index in [1.165, 1.54) is 17.0 Å². The zero-order chi connectivity index (χ0) is 13.1. The minimum Gasteiger partial charge on any atom is -0.379 e. The average Bonchev–Trinajstić information content (AvgIpc) is 3.03. The summed E-state index contributed by atoms with van der Waals surface area (Å²) in [5.74, 6) is 0. The second kappa shape index (κ2) is 5.85. The maximum Gasteiger partial charge on any atom is 0.0777 e. The van der Waals surface area contributed by atoms with Gasteiger partial charge >= 0.3 is 0 Å². The molecule has 1 aromatic rings. The monoisotopic (exact) mass is 251 g/mol. The van der Waals surface area contributed by atoms with Gasteiger partial charge in [-0.2, -0.15) is 5.10 Å². The number of hydrogen-bond donors (Lipinski definition) is 1. The Kier molecular flexibility index (Phi) is 4.40. The topological polar surface area (TPSA) is 39.1 Å². The second-order valence-electron chi connectivity index (χ2n) is 4.99. The normalized spacial score (nSPS) is 21.4. The minimum absolute atomic E-state index is 0.367. The van der Waals surface area contributed by atoms with Crippen molar-refractivity contribution in [1.29, 1.82) is 0 Å². The molecule has 2 unspecified atom stereocenters. The first-order valence-corrected chi connectivity index (χ1v) is 7.08. The number of aryl methyl sites for hydroxylation is 1. The number of ether oxygens (including phenoxy) is 1. The molecule has 0 radical (unpaired) electrons. The summed E-state index contributed by atoms with van der Waals surface area (Å²) in [6, 6.07) is 0.800. The minimum atomic E-state index is 0.367. The Morgan fingerprint density at radius 2 is 2.22 bits per heavy atom. The Labute approximate surface area is 110 Å². The number of rotatable bonds is 5. The van der Waals surface area contributed by atoms with Crippen LogP contribution >= 0.6 is 0 Å². The lowest BCUT2D eigenvalue weighted by Gasteiger charge is -2.16. The van der Waals surface area contributed by atoms with E-state index in [-0.39, 0.29) is 0 Å². The van der Waals surface area contributed by atoms with Crippen molar-refractivity contribution < 1.29 is 4.74 Å². The van der Waals surface area contributed by atoms with Crippen molar-refractivity contribution in [3.8, 4) is 0 Å². The molecule has 2 heterocycles. The zero-order valence-electron chi connectivity index (χ0n) is 12.0. The molecule has 1 aromatic heterocycles. The van der Waals surface area contributed by atoms with E-state index in [1.54, 1.807) is 0 Å². The van der Waals surface area contributed by atoms with E-state index < -0.39 is 0 Å². The van der Waals surface area contributed by atoms with Crippen LogP contribution in [0.25, 0.3) is 0 Å². The third-order valence-corrected chi connectivity index (χ3v) is 3.91. The highest BCUT2D eigenvalue weighted by Crippen LogP contribution is 2.28. The molecule has 1 saturated heterocycles. The Morgan fingerprint density at radius 3 is 2.72 bits per heavy atom. The van der Waals surface area contributed by atoms with Crippen molar-refractivity contribution >= 4 is 0 Å². The summed E-state index contributed by atoms with van der Waals surface area (Å²) in [6.07, 6.45) is 3.12. The fourth-order valence-electron chi connectivity index (χ4n) is 2.81. The van der Waals surface area contributed by atoms with E-state index >= 15 is 0 Å². The molecular formula is C14H25N3O. The first kappa shape index (κ1) is 13.6. The summed E-state index contributed by atoms with van der Waals surface area (Å²) in [5.41, 5.74) is 4.01. The van der Waals surface area contributed by atoms with Gasteiger partial charge in [-0.3, -0.25) is 4.68 Å². The van der Waals surface area contributed by atoms with E-state index in [0.717, 1.165) is 32.5 Å². The highest BCUT2D eigenvalue weighted by atomic mass is 16.5. The van der Waals surface area contributed by atoms with Crippen LogP contribution in [0.2, 0.25) is 0 Å². The molecule has 1 aliphatic rings. The summed E-state index contributed by atoms with van der Waals surface area (Å²) in [4.78, 5) is 0.